The summed E-state index contributed by atoms with van der Waals surface area (Å²) in [5.74, 6) is 0.161. The molecule has 1 aliphatic heterocycles. The summed E-state index contributed by atoms with van der Waals surface area (Å²) in [7, 11) is -3.66. The normalized spacial score (nSPS) is 17.8. The Morgan fingerprint density at radius 3 is 2.57 bits per heavy atom. The van der Waals surface area contributed by atoms with E-state index in [1.807, 2.05) is 32.0 Å². The third-order valence-electron chi connectivity index (χ3n) is 5.31. The van der Waals surface area contributed by atoms with Gasteiger partial charge in [0.1, 0.15) is 5.82 Å². The number of piperidine rings is 1. The number of aromatic nitrogens is 2. The molecule has 0 aliphatic carbocycles. The summed E-state index contributed by atoms with van der Waals surface area (Å²) in [6, 6.07) is 8.63. The number of carbonyl (C=O) groups is 1. The fourth-order valence-corrected chi connectivity index (χ4v) is 5.62. The highest BCUT2D eigenvalue weighted by Gasteiger charge is 2.38. The van der Waals surface area contributed by atoms with Gasteiger partial charge in [-0.2, -0.15) is 17.0 Å². The number of carbonyl (C=O) groups excluding carboxylic acids is 1. The minimum absolute atomic E-state index is 0.302. The molecule has 0 spiro atoms. The van der Waals surface area contributed by atoms with Crippen LogP contribution < -0.4 is 5.32 Å². The smallest absolute Gasteiger partial charge is 0.282 e. The lowest BCUT2D eigenvalue weighted by Gasteiger charge is -2.37. The number of anilines is 1. The van der Waals surface area contributed by atoms with Crippen LogP contribution in [0.25, 0.3) is 0 Å². The van der Waals surface area contributed by atoms with Crippen molar-refractivity contribution in [3.8, 4) is 0 Å². The highest BCUT2D eigenvalue weighted by Crippen LogP contribution is 2.35. The maximum atomic E-state index is 13.3. The number of hydrogen-bond donors (Lipinski definition) is 1. The Morgan fingerprint density at radius 1 is 1.20 bits per heavy atom. The van der Waals surface area contributed by atoms with E-state index in [1.165, 1.54) is 14.8 Å². The van der Waals surface area contributed by atoms with Gasteiger partial charge in [-0.25, -0.2) is 9.97 Å². The first-order valence-electron chi connectivity index (χ1n) is 10.3. The Balaban J connectivity index is 2.00. The van der Waals surface area contributed by atoms with Gasteiger partial charge in [-0.15, -0.1) is 0 Å². The van der Waals surface area contributed by atoms with Crippen molar-refractivity contribution in [1.29, 1.82) is 0 Å². The number of benzene rings is 1. The van der Waals surface area contributed by atoms with E-state index in [0.717, 1.165) is 12.8 Å². The zero-order chi connectivity index (χ0) is 21.7. The quantitative estimate of drug-likeness (QED) is 0.727. The van der Waals surface area contributed by atoms with Gasteiger partial charge in [0.25, 0.3) is 16.1 Å². The molecule has 162 valence electrons. The van der Waals surface area contributed by atoms with Crippen LogP contribution >= 0.6 is 0 Å². The summed E-state index contributed by atoms with van der Waals surface area (Å²) in [5.41, 5.74) is 1.42. The predicted octanol–water partition coefficient (Wildman–Crippen LogP) is 3.15. The lowest BCUT2D eigenvalue weighted by atomic mass is 9.98. The van der Waals surface area contributed by atoms with Crippen LogP contribution in [0.1, 0.15) is 61.0 Å². The van der Waals surface area contributed by atoms with Crippen molar-refractivity contribution in [1.82, 2.24) is 18.6 Å². The fourth-order valence-electron chi connectivity index (χ4n) is 3.79. The summed E-state index contributed by atoms with van der Waals surface area (Å²) >= 11 is 0. The Morgan fingerprint density at radius 2 is 1.90 bits per heavy atom. The average Bonchev–Trinajstić information content (AvgIpc) is 2.75. The summed E-state index contributed by atoms with van der Waals surface area (Å²) in [6.45, 7) is 6.60. The second-order valence-electron chi connectivity index (χ2n) is 7.25. The first-order chi connectivity index (χ1) is 14.4. The van der Waals surface area contributed by atoms with Gasteiger partial charge in [0, 0.05) is 31.5 Å². The van der Waals surface area contributed by atoms with E-state index in [4.69, 9.17) is 0 Å². The number of nitrogens with one attached hydrogen (secondary N) is 1. The fraction of sp³-hybridized carbons (Fsp3) is 0.476. The molecule has 0 saturated carbocycles. The monoisotopic (exact) mass is 431 g/mol. The van der Waals surface area contributed by atoms with Crippen molar-refractivity contribution in [3.63, 3.8) is 0 Å². The van der Waals surface area contributed by atoms with Crippen molar-refractivity contribution < 1.29 is 13.2 Å². The van der Waals surface area contributed by atoms with Gasteiger partial charge >= 0.3 is 0 Å². The van der Waals surface area contributed by atoms with E-state index in [1.54, 1.807) is 19.1 Å². The lowest BCUT2D eigenvalue weighted by molar-refractivity contribution is 0.102. The third-order valence-corrected chi connectivity index (χ3v) is 7.51. The predicted molar refractivity (Wildman–Crippen MR) is 116 cm³/mol. The third kappa shape index (κ3) is 4.69. The maximum absolute atomic E-state index is 13.3. The Bertz CT molecular complexity index is 977. The molecule has 1 saturated heterocycles. The van der Waals surface area contributed by atoms with Crippen molar-refractivity contribution in [2.75, 3.05) is 25.0 Å². The Labute approximate surface area is 178 Å². The zero-order valence-corrected chi connectivity index (χ0v) is 18.5. The topological polar surface area (TPSA) is 95.5 Å². The Hall–Kier alpha value is -2.36. The molecule has 1 aromatic carbocycles. The number of aryl methyl sites for hydroxylation is 1. The van der Waals surface area contributed by atoms with E-state index in [9.17, 15) is 13.2 Å². The molecule has 0 bridgehead atoms. The molecular weight excluding hydrogens is 402 g/mol. The molecular formula is C21H29N5O3S. The molecule has 1 atom stereocenters. The standard InChI is InChI=1S/C21H29N5O3S/c1-4-25(5-2)30(28,29)26-14-10-9-13-19(26)20-18(15-22-16(3)23-20)21(27)24-17-11-7-6-8-12-17/h6-8,11-12,15,19H,4-5,9-10,13-14H2,1-3H3,(H,24,27). The number of hydrogen-bond acceptors (Lipinski definition) is 5. The summed E-state index contributed by atoms with van der Waals surface area (Å²) < 4.78 is 29.5. The first-order valence-corrected chi connectivity index (χ1v) is 11.7. The number of amides is 1. The van der Waals surface area contributed by atoms with Gasteiger partial charge in [-0.05, 0) is 31.9 Å². The summed E-state index contributed by atoms with van der Waals surface area (Å²) in [6.07, 6.45) is 3.76. The molecule has 1 unspecified atom stereocenters. The number of para-hydroxylation sites is 1. The van der Waals surface area contributed by atoms with E-state index >= 15 is 0 Å². The highest BCUT2D eigenvalue weighted by molar-refractivity contribution is 7.86. The van der Waals surface area contributed by atoms with Crippen LogP contribution in [-0.4, -0.2) is 52.5 Å². The van der Waals surface area contributed by atoms with E-state index in [0.29, 0.717) is 48.8 Å². The van der Waals surface area contributed by atoms with Crippen molar-refractivity contribution >= 4 is 21.8 Å². The minimum atomic E-state index is -3.66. The van der Waals surface area contributed by atoms with Crippen LogP contribution in [0, 0.1) is 6.92 Å². The Kier molecular flexibility index (Phi) is 7.17. The van der Waals surface area contributed by atoms with Gasteiger partial charge in [0.05, 0.1) is 17.3 Å². The second kappa shape index (κ2) is 9.63. The largest absolute Gasteiger partial charge is 0.322 e. The van der Waals surface area contributed by atoms with Crippen LogP contribution in [0.15, 0.2) is 36.5 Å². The molecule has 9 heteroatoms. The summed E-state index contributed by atoms with van der Waals surface area (Å²) in [4.78, 5) is 21.8. The molecule has 1 aromatic heterocycles. The molecule has 1 amide bonds. The van der Waals surface area contributed by atoms with Crippen LogP contribution in [0.5, 0.6) is 0 Å². The average molecular weight is 432 g/mol. The SMILES string of the molecule is CCN(CC)S(=O)(=O)N1CCCCC1c1nc(C)ncc1C(=O)Nc1ccccc1. The maximum Gasteiger partial charge on any atom is 0.282 e. The van der Waals surface area contributed by atoms with Crippen LogP contribution in [0.3, 0.4) is 0 Å². The molecule has 8 nitrogen and oxygen atoms in total. The van der Waals surface area contributed by atoms with E-state index in [-0.39, 0.29) is 5.91 Å². The van der Waals surface area contributed by atoms with Gasteiger partial charge < -0.3 is 5.32 Å². The van der Waals surface area contributed by atoms with Crippen LogP contribution in [0.4, 0.5) is 5.69 Å². The first kappa shape index (κ1) is 22.3. The van der Waals surface area contributed by atoms with Crippen molar-refractivity contribution in [2.45, 2.75) is 46.1 Å². The van der Waals surface area contributed by atoms with Gasteiger partial charge in [-0.3, -0.25) is 4.79 Å². The highest BCUT2D eigenvalue weighted by atomic mass is 32.2. The van der Waals surface area contributed by atoms with E-state index < -0.39 is 16.3 Å². The van der Waals surface area contributed by atoms with Gasteiger partial charge in [-0.1, -0.05) is 38.5 Å². The molecule has 1 N–H and O–H groups in total. The molecule has 2 aromatic rings. The molecule has 2 heterocycles. The second-order valence-corrected chi connectivity index (χ2v) is 9.13. The number of nitrogens with zero attached hydrogens (tertiary/aromatic N) is 4. The molecule has 30 heavy (non-hydrogen) atoms. The van der Waals surface area contributed by atoms with Gasteiger partial charge in [0.15, 0.2) is 0 Å². The zero-order valence-electron chi connectivity index (χ0n) is 17.7. The van der Waals surface area contributed by atoms with Gasteiger partial charge in [0.2, 0.25) is 0 Å². The van der Waals surface area contributed by atoms with Crippen molar-refractivity contribution in [3.05, 3.63) is 53.6 Å². The minimum Gasteiger partial charge on any atom is -0.322 e. The van der Waals surface area contributed by atoms with Crippen LogP contribution in [-0.2, 0) is 10.2 Å². The molecule has 0 radical (unpaired) electrons. The van der Waals surface area contributed by atoms with E-state index in [2.05, 4.69) is 15.3 Å². The molecule has 1 fully saturated rings. The summed E-state index contributed by atoms with van der Waals surface area (Å²) in [5, 5.41) is 2.86. The number of rotatable bonds is 7. The van der Waals surface area contributed by atoms with Crippen LogP contribution in [0.2, 0.25) is 0 Å². The van der Waals surface area contributed by atoms with Crippen molar-refractivity contribution in [2.24, 2.45) is 0 Å². The molecule has 3 rings (SSSR count). The molecule has 1 aliphatic rings. The lowest BCUT2D eigenvalue weighted by Crippen LogP contribution is -2.47.